The van der Waals surface area contributed by atoms with Gasteiger partial charge in [-0.2, -0.15) is 0 Å². The highest BCUT2D eigenvalue weighted by Gasteiger charge is 2.29. The predicted octanol–water partition coefficient (Wildman–Crippen LogP) is 2.17. The van der Waals surface area contributed by atoms with Crippen LogP contribution < -0.4 is 5.32 Å². The number of nitrogens with one attached hydrogen (secondary N) is 1. The van der Waals surface area contributed by atoms with Crippen LogP contribution in [0.25, 0.3) is 10.9 Å². The number of hydrogen-bond acceptors (Lipinski definition) is 5. The fourth-order valence-electron chi connectivity index (χ4n) is 2.54. The van der Waals surface area contributed by atoms with Gasteiger partial charge in [-0.3, -0.25) is 0 Å². The molecule has 2 heterocycles. The largest absolute Gasteiger partial charge is 0.365 e. The van der Waals surface area contributed by atoms with Crippen LogP contribution in [-0.4, -0.2) is 29.7 Å². The molecule has 0 saturated heterocycles. The maximum absolute atomic E-state index is 12.0. The number of aromatic nitrogens is 2. The van der Waals surface area contributed by atoms with Crippen molar-refractivity contribution in [1.82, 2.24) is 9.97 Å². The lowest BCUT2D eigenvalue weighted by atomic mass is 10.0. The zero-order valence-electron chi connectivity index (χ0n) is 11.8. The highest BCUT2D eigenvalue weighted by atomic mass is 32.2. The second-order valence-electron chi connectivity index (χ2n) is 6.10. The quantitative estimate of drug-likeness (QED) is 0.872. The highest BCUT2D eigenvalue weighted by Crippen LogP contribution is 2.35. The first kappa shape index (κ1) is 13.3. The van der Waals surface area contributed by atoms with Gasteiger partial charge in [-0.15, -0.1) is 0 Å². The summed E-state index contributed by atoms with van der Waals surface area (Å²) in [6.45, 7) is 6.13. The fourth-order valence-corrected chi connectivity index (χ4v) is 4.09. The van der Waals surface area contributed by atoms with E-state index in [-0.39, 0.29) is 11.3 Å². The summed E-state index contributed by atoms with van der Waals surface area (Å²) in [5.74, 6) is 0.877. The standard InChI is InChI=1S/C14H17N3O2S/c1-14(2,3)17-13-12-9-6-7-20(18,19)11(9)5-4-10(12)15-8-16-13/h4-5,8H,6-7H2,1-3H3,(H,15,16,17). The Morgan fingerprint density at radius 3 is 2.65 bits per heavy atom. The van der Waals surface area contributed by atoms with Gasteiger partial charge in [-0.25, -0.2) is 18.4 Å². The van der Waals surface area contributed by atoms with Crippen molar-refractivity contribution in [2.24, 2.45) is 0 Å². The maximum Gasteiger partial charge on any atom is 0.179 e. The third-order valence-corrected chi connectivity index (χ3v) is 5.11. The Labute approximate surface area is 118 Å². The summed E-state index contributed by atoms with van der Waals surface area (Å²) in [6, 6.07) is 3.42. The first-order chi connectivity index (χ1) is 9.28. The van der Waals surface area contributed by atoms with Crippen molar-refractivity contribution in [2.75, 3.05) is 11.1 Å². The number of aryl methyl sites for hydroxylation is 1. The van der Waals surface area contributed by atoms with E-state index >= 15 is 0 Å². The smallest absolute Gasteiger partial charge is 0.179 e. The lowest BCUT2D eigenvalue weighted by Gasteiger charge is -2.22. The van der Waals surface area contributed by atoms with E-state index in [0.717, 1.165) is 16.5 Å². The summed E-state index contributed by atoms with van der Waals surface area (Å²) in [5.41, 5.74) is 1.47. The predicted molar refractivity (Wildman–Crippen MR) is 78.7 cm³/mol. The van der Waals surface area contributed by atoms with Crippen LogP contribution in [0.15, 0.2) is 23.4 Å². The zero-order valence-corrected chi connectivity index (χ0v) is 12.6. The topological polar surface area (TPSA) is 72.0 Å². The molecule has 1 aliphatic heterocycles. The summed E-state index contributed by atoms with van der Waals surface area (Å²) in [7, 11) is -3.14. The lowest BCUT2D eigenvalue weighted by Crippen LogP contribution is -2.27. The highest BCUT2D eigenvalue weighted by molar-refractivity contribution is 7.91. The van der Waals surface area contributed by atoms with Gasteiger partial charge in [0.1, 0.15) is 12.1 Å². The summed E-state index contributed by atoms with van der Waals surface area (Å²) in [6.07, 6.45) is 2.04. The van der Waals surface area contributed by atoms with Crippen LogP contribution in [0.3, 0.4) is 0 Å². The van der Waals surface area contributed by atoms with Crippen LogP contribution in [0.2, 0.25) is 0 Å². The molecule has 6 heteroatoms. The molecule has 0 fully saturated rings. The van der Waals surface area contributed by atoms with Gasteiger partial charge in [-0.05, 0) is 44.9 Å². The van der Waals surface area contributed by atoms with Crippen LogP contribution >= 0.6 is 0 Å². The molecule has 0 aliphatic carbocycles. The molecule has 106 valence electrons. The summed E-state index contributed by atoms with van der Waals surface area (Å²) < 4.78 is 24.1. The van der Waals surface area contributed by atoms with E-state index in [1.165, 1.54) is 6.33 Å². The number of anilines is 1. The monoisotopic (exact) mass is 291 g/mol. The van der Waals surface area contributed by atoms with Crippen molar-refractivity contribution in [2.45, 2.75) is 37.6 Å². The molecule has 0 radical (unpaired) electrons. The number of nitrogens with zero attached hydrogens (tertiary/aromatic N) is 2. The average Bonchev–Trinajstić information content (AvgIpc) is 2.63. The molecule has 0 amide bonds. The molecule has 3 rings (SSSR count). The van der Waals surface area contributed by atoms with E-state index in [1.807, 2.05) is 20.8 Å². The minimum Gasteiger partial charge on any atom is -0.365 e. The number of hydrogen-bond donors (Lipinski definition) is 1. The Hall–Kier alpha value is -1.69. The molecule has 1 aliphatic rings. The fraction of sp³-hybridized carbons (Fsp3) is 0.429. The third kappa shape index (κ3) is 2.14. The second-order valence-corrected chi connectivity index (χ2v) is 8.18. The normalized spacial score (nSPS) is 17.1. The zero-order chi connectivity index (χ0) is 14.5. The number of sulfone groups is 1. The van der Waals surface area contributed by atoms with E-state index in [9.17, 15) is 8.42 Å². The molecule has 5 nitrogen and oxygen atoms in total. The molecular formula is C14H17N3O2S. The molecular weight excluding hydrogens is 274 g/mol. The van der Waals surface area contributed by atoms with E-state index in [0.29, 0.717) is 17.1 Å². The van der Waals surface area contributed by atoms with Gasteiger partial charge in [0.15, 0.2) is 9.84 Å². The molecule has 20 heavy (non-hydrogen) atoms. The molecule has 0 spiro atoms. The van der Waals surface area contributed by atoms with E-state index in [4.69, 9.17) is 0 Å². The first-order valence-electron chi connectivity index (χ1n) is 6.55. The minimum absolute atomic E-state index is 0.151. The molecule has 0 saturated carbocycles. The van der Waals surface area contributed by atoms with Gasteiger partial charge < -0.3 is 5.32 Å². The van der Waals surface area contributed by atoms with Crippen LogP contribution in [0.5, 0.6) is 0 Å². The minimum atomic E-state index is -3.14. The van der Waals surface area contributed by atoms with Crippen LogP contribution in [0, 0.1) is 0 Å². The van der Waals surface area contributed by atoms with Gasteiger partial charge in [0, 0.05) is 10.9 Å². The molecule has 1 aromatic heterocycles. The Kier molecular flexibility index (Phi) is 2.76. The summed E-state index contributed by atoms with van der Waals surface area (Å²) >= 11 is 0. The van der Waals surface area contributed by atoms with Gasteiger partial charge >= 0.3 is 0 Å². The molecule has 0 unspecified atom stereocenters. The van der Waals surface area contributed by atoms with Crippen molar-refractivity contribution in [3.8, 4) is 0 Å². The molecule has 2 aromatic rings. The van der Waals surface area contributed by atoms with Gasteiger partial charge in [0.05, 0.1) is 16.2 Å². The van der Waals surface area contributed by atoms with Crippen molar-refractivity contribution in [1.29, 1.82) is 0 Å². The van der Waals surface area contributed by atoms with Crippen molar-refractivity contribution in [3.63, 3.8) is 0 Å². The SMILES string of the molecule is CC(C)(C)Nc1ncnc2ccc3c(c12)CCS3(=O)=O. The summed E-state index contributed by atoms with van der Waals surface area (Å²) in [4.78, 5) is 8.98. The third-order valence-electron chi connectivity index (χ3n) is 3.32. The van der Waals surface area contributed by atoms with Crippen LogP contribution in [0.4, 0.5) is 5.82 Å². The second kappa shape index (κ2) is 4.15. The lowest BCUT2D eigenvalue weighted by molar-refractivity contribution is 0.600. The van der Waals surface area contributed by atoms with Gasteiger partial charge in [-0.1, -0.05) is 0 Å². The van der Waals surface area contributed by atoms with Gasteiger partial charge in [0.2, 0.25) is 0 Å². The number of fused-ring (bicyclic) bond motifs is 3. The van der Waals surface area contributed by atoms with E-state index < -0.39 is 9.84 Å². The van der Waals surface area contributed by atoms with Gasteiger partial charge in [0.25, 0.3) is 0 Å². The Morgan fingerprint density at radius 2 is 1.95 bits per heavy atom. The van der Waals surface area contributed by atoms with Crippen molar-refractivity contribution < 1.29 is 8.42 Å². The Morgan fingerprint density at radius 1 is 1.20 bits per heavy atom. The van der Waals surface area contributed by atoms with E-state index in [2.05, 4.69) is 15.3 Å². The maximum atomic E-state index is 12.0. The van der Waals surface area contributed by atoms with Crippen LogP contribution in [-0.2, 0) is 16.3 Å². The molecule has 1 aromatic carbocycles. The van der Waals surface area contributed by atoms with Crippen LogP contribution in [0.1, 0.15) is 26.3 Å². The summed E-state index contributed by atoms with van der Waals surface area (Å²) in [5, 5.41) is 4.17. The average molecular weight is 291 g/mol. The van der Waals surface area contributed by atoms with E-state index in [1.54, 1.807) is 12.1 Å². The van der Waals surface area contributed by atoms with Crippen molar-refractivity contribution in [3.05, 3.63) is 24.0 Å². The molecule has 0 bridgehead atoms. The first-order valence-corrected chi connectivity index (χ1v) is 8.21. The Bertz CT molecular complexity index is 792. The number of rotatable bonds is 1. The molecule has 1 N–H and O–H groups in total. The number of benzene rings is 1. The van der Waals surface area contributed by atoms with Crippen molar-refractivity contribution >= 4 is 26.6 Å². The molecule has 0 atom stereocenters. The Balaban J connectivity index is 2.31.